The van der Waals surface area contributed by atoms with Gasteiger partial charge in [-0.2, -0.15) is 11.8 Å². The second-order valence-corrected chi connectivity index (χ2v) is 3.31. The van der Waals surface area contributed by atoms with Crippen molar-refractivity contribution >= 4 is 23.7 Å². The molecule has 0 bridgehead atoms. The highest BCUT2D eigenvalue weighted by atomic mass is 32.2. The fraction of sp³-hybridized carbons (Fsp3) is 0.667. The molecule has 70 valence electrons. The van der Waals surface area contributed by atoms with Crippen molar-refractivity contribution in [2.24, 2.45) is 5.73 Å². The zero-order valence-electron chi connectivity index (χ0n) is 6.40. The summed E-state index contributed by atoms with van der Waals surface area (Å²) in [5.41, 5.74) is 5.17. The molecule has 0 aromatic rings. The maximum absolute atomic E-state index is 10.2. The lowest BCUT2D eigenvalue weighted by atomic mass is 10.4. The molecule has 6 heteroatoms. The molecule has 4 N–H and O–H groups in total. The fourth-order valence-electron chi connectivity index (χ4n) is 0.441. The van der Waals surface area contributed by atoms with E-state index in [4.69, 9.17) is 15.9 Å². The van der Waals surface area contributed by atoms with Crippen LogP contribution in [-0.4, -0.2) is 39.7 Å². The predicted molar refractivity (Wildman–Crippen MR) is 45.2 cm³/mol. The standard InChI is InChI=1S/C6H11NO4S/c7-4(6(10)11)3-12-2-1-5(8)9/h4H,1-3,7H2,(H,8,9)(H,10,11)/t4-/m1/s1. The van der Waals surface area contributed by atoms with Gasteiger partial charge >= 0.3 is 11.9 Å². The van der Waals surface area contributed by atoms with E-state index in [0.717, 1.165) is 0 Å². The van der Waals surface area contributed by atoms with E-state index in [2.05, 4.69) is 0 Å². The lowest BCUT2D eigenvalue weighted by Crippen LogP contribution is -2.32. The highest BCUT2D eigenvalue weighted by Crippen LogP contribution is 2.03. The molecule has 0 aliphatic heterocycles. The van der Waals surface area contributed by atoms with Gasteiger partial charge in [0, 0.05) is 11.5 Å². The SMILES string of the molecule is N[C@H](CSCCC(=O)O)C(=O)O. The van der Waals surface area contributed by atoms with Crippen molar-refractivity contribution in [3.05, 3.63) is 0 Å². The highest BCUT2D eigenvalue weighted by molar-refractivity contribution is 7.99. The van der Waals surface area contributed by atoms with E-state index in [1.54, 1.807) is 0 Å². The Bertz CT molecular complexity index is 173. The Hall–Kier alpha value is -0.750. The highest BCUT2D eigenvalue weighted by Gasteiger charge is 2.10. The summed E-state index contributed by atoms with van der Waals surface area (Å²) in [5, 5.41) is 16.6. The number of carboxylic acid groups (broad SMARTS) is 2. The van der Waals surface area contributed by atoms with Crippen molar-refractivity contribution in [3.8, 4) is 0 Å². The molecule has 0 aliphatic rings. The van der Waals surface area contributed by atoms with Crippen molar-refractivity contribution in [2.45, 2.75) is 12.5 Å². The zero-order valence-corrected chi connectivity index (χ0v) is 7.21. The van der Waals surface area contributed by atoms with Crippen molar-refractivity contribution in [3.63, 3.8) is 0 Å². The van der Waals surface area contributed by atoms with Gasteiger partial charge in [0.15, 0.2) is 0 Å². The molecule has 0 saturated carbocycles. The Morgan fingerprint density at radius 1 is 1.42 bits per heavy atom. The second-order valence-electron chi connectivity index (χ2n) is 2.16. The fourth-order valence-corrected chi connectivity index (χ4v) is 1.32. The first-order chi connectivity index (χ1) is 5.54. The molecule has 0 unspecified atom stereocenters. The average molecular weight is 193 g/mol. The summed E-state index contributed by atoms with van der Waals surface area (Å²) in [6.07, 6.45) is 0.0387. The van der Waals surface area contributed by atoms with Crippen LogP contribution in [0.25, 0.3) is 0 Å². The molecule has 0 aliphatic carbocycles. The number of carboxylic acids is 2. The van der Waals surface area contributed by atoms with Gasteiger partial charge in [0.25, 0.3) is 0 Å². The maximum atomic E-state index is 10.2. The van der Waals surface area contributed by atoms with Crippen molar-refractivity contribution in [2.75, 3.05) is 11.5 Å². The van der Waals surface area contributed by atoms with Crippen LogP contribution in [0.5, 0.6) is 0 Å². The van der Waals surface area contributed by atoms with E-state index < -0.39 is 18.0 Å². The summed E-state index contributed by atoms with van der Waals surface area (Å²) in [5.74, 6) is -1.29. The van der Waals surface area contributed by atoms with Gasteiger partial charge in [-0.25, -0.2) is 0 Å². The largest absolute Gasteiger partial charge is 0.481 e. The number of hydrogen-bond acceptors (Lipinski definition) is 4. The number of thioether (sulfide) groups is 1. The topological polar surface area (TPSA) is 101 Å². The Morgan fingerprint density at radius 2 is 2.00 bits per heavy atom. The van der Waals surface area contributed by atoms with Crippen LogP contribution >= 0.6 is 11.8 Å². The second kappa shape index (κ2) is 5.84. The van der Waals surface area contributed by atoms with Crippen LogP contribution in [0.4, 0.5) is 0 Å². The number of carbonyl (C=O) groups is 2. The van der Waals surface area contributed by atoms with E-state index >= 15 is 0 Å². The minimum Gasteiger partial charge on any atom is -0.481 e. The molecule has 0 fully saturated rings. The number of rotatable bonds is 6. The van der Waals surface area contributed by atoms with E-state index in [0.29, 0.717) is 5.75 Å². The Morgan fingerprint density at radius 3 is 2.42 bits per heavy atom. The van der Waals surface area contributed by atoms with Crippen LogP contribution in [0, 0.1) is 0 Å². The Kier molecular flexibility index (Phi) is 5.48. The van der Waals surface area contributed by atoms with Gasteiger partial charge < -0.3 is 15.9 Å². The van der Waals surface area contributed by atoms with E-state index in [1.165, 1.54) is 11.8 Å². The summed E-state index contributed by atoms with van der Waals surface area (Å²) in [6, 6.07) is -0.899. The maximum Gasteiger partial charge on any atom is 0.321 e. The molecular formula is C6H11NO4S. The van der Waals surface area contributed by atoms with Gasteiger partial charge in [0.2, 0.25) is 0 Å². The van der Waals surface area contributed by atoms with Crippen molar-refractivity contribution < 1.29 is 19.8 Å². The van der Waals surface area contributed by atoms with E-state index in [-0.39, 0.29) is 12.2 Å². The molecule has 12 heavy (non-hydrogen) atoms. The normalized spacial score (nSPS) is 12.4. The molecule has 0 radical (unpaired) electrons. The van der Waals surface area contributed by atoms with Gasteiger partial charge in [0.1, 0.15) is 6.04 Å². The first-order valence-corrected chi connectivity index (χ1v) is 4.47. The van der Waals surface area contributed by atoms with Crippen LogP contribution in [0.15, 0.2) is 0 Å². The van der Waals surface area contributed by atoms with Crippen LogP contribution in [0.3, 0.4) is 0 Å². The Balaban J connectivity index is 3.31. The number of aliphatic carboxylic acids is 2. The number of nitrogens with two attached hydrogens (primary N) is 1. The van der Waals surface area contributed by atoms with Gasteiger partial charge in [0.05, 0.1) is 6.42 Å². The molecule has 0 amide bonds. The third kappa shape index (κ3) is 5.99. The molecule has 1 atom stereocenters. The molecule has 0 saturated heterocycles. The number of hydrogen-bond donors (Lipinski definition) is 3. The van der Waals surface area contributed by atoms with Crippen LogP contribution < -0.4 is 5.73 Å². The molecule has 0 spiro atoms. The van der Waals surface area contributed by atoms with E-state index in [1.807, 2.05) is 0 Å². The first-order valence-electron chi connectivity index (χ1n) is 3.32. The molecule has 0 aromatic carbocycles. The van der Waals surface area contributed by atoms with Crippen molar-refractivity contribution in [1.82, 2.24) is 0 Å². The van der Waals surface area contributed by atoms with Crippen molar-refractivity contribution in [1.29, 1.82) is 0 Å². The van der Waals surface area contributed by atoms with Crippen LogP contribution in [0.1, 0.15) is 6.42 Å². The monoisotopic (exact) mass is 193 g/mol. The van der Waals surface area contributed by atoms with Crippen LogP contribution in [0.2, 0.25) is 0 Å². The molecule has 0 rings (SSSR count). The summed E-state index contributed by atoms with van der Waals surface area (Å²) < 4.78 is 0. The summed E-state index contributed by atoms with van der Waals surface area (Å²) >= 11 is 1.23. The minimum atomic E-state index is -1.06. The van der Waals surface area contributed by atoms with Gasteiger partial charge in [-0.3, -0.25) is 9.59 Å². The summed E-state index contributed by atoms with van der Waals surface area (Å²) in [4.78, 5) is 20.2. The smallest absolute Gasteiger partial charge is 0.321 e. The first kappa shape index (κ1) is 11.2. The molecule has 0 aromatic heterocycles. The average Bonchev–Trinajstić information content (AvgIpc) is 1.97. The lowest BCUT2D eigenvalue weighted by Gasteiger charge is -2.03. The molecule has 5 nitrogen and oxygen atoms in total. The summed E-state index contributed by atoms with van der Waals surface area (Å²) in [6.45, 7) is 0. The van der Waals surface area contributed by atoms with Gasteiger partial charge in [-0.05, 0) is 0 Å². The zero-order chi connectivity index (χ0) is 9.56. The van der Waals surface area contributed by atoms with Crippen LogP contribution in [-0.2, 0) is 9.59 Å². The van der Waals surface area contributed by atoms with Gasteiger partial charge in [-0.1, -0.05) is 0 Å². The quantitative estimate of drug-likeness (QED) is 0.496. The minimum absolute atomic E-state index is 0.0387. The molecule has 0 heterocycles. The molecular weight excluding hydrogens is 182 g/mol. The van der Waals surface area contributed by atoms with Gasteiger partial charge in [-0.15, -0.1) is 0 Å². The third-order valence-electron chi connectivity index (χ3n) is 1.07. The predicted octanol–water partition coefficient (Wildman–Crippen LogP) is -0.394. The third-order valence-corrected chi connectivity index (χ3v) is 2.16. The van der Waals surface area contributed by atoms with E-state index in [9.17, 15) is 9.59 Å². The summed E-state index contributed by atoms with van der Waals surface area (Å²) in [7, 11) is 0. The Labute approximate surface area is 73.9 Å². The lowest BCUT2D eigenvalue weighted by molar-refractivity contribution is -0.138.